The van der Waals surface area contributed by atoms with Crippen molar-refractivity contribution in [3.8, 4) is 0 Å². The van der Waals surface area contributed by atoms with Crippen molar-refractivity contribution in [1.82, 2.24) is 10.6 Å². The molecule has 0 bridgehead atoms. The van der Waals surface area contributed by atoms with E-state index in [4.69, 9.17) is 11.6 Å². The third kappa shape index (κ3) is 4.92. The number of nitro benzene ring substituents is 1. The van der Waals surface area contributed by atoms with E-state index in [1.54, 1.807) is 0 Å². The van der Waals surface area contributed by atoms with Crippen LogP contribution in [0, 0.1) is 10.1 Å². The molecule has 2 N–H and O–H groups in total. The molecule has 0 saturated heterocycles. The van der Waals surface area contributed by atoms with Gasteiger partial charge in [0.05, 0.1) is 15.5 Å². The summed E-state index contributed by atoms with van der Waals surface area (Å²) in [5, 5.41) is 15.1. The van der Waals surface area contributed by atoms with Crippen LogP contribution in [0.25, 0.3) is 0 Å². The summed E-state index contributed by atoms with van der Waals surface area (Å²) in [5.41, 5.74) is -0.578. The highest BCUT2D eigenvalue weighted by Gasteiger charge is 2.24. The second kappa shape index (κ2) is 7.05. The van der Waals surface area contributed by atoms with Crippen LogP contribution in [0.4, 0.5) is 10.5 Å². The molecule has 9 nitrogen and oxygen atoms in total. The molecular weight excluding hydrogens is 330 g/mol. The Kier molecular flexibility index (Phi) is 5.12. The minimum atomic E-state index is -1.00. The molecule has 0 aliphatic heterocycles. The number of benzene rings is 1. The first-order valence-electron chi connectivity index (χ1n) is 6.58. The number of nitrogens with zero attached hydrogens (tertiary/aromatic N) is 1. The van der Waals surface area contributed by atoms with Crippen molar-refractivity contribution >= 4 is 35.2 Å². The van der Waals surface area contributed by atoms with Crippen LogP contribution in [0.15, 0.2) is 18.2 Å². The van der Waals surface area contributed by atoms with Gasteiger partial charge in [0.25, 0.3) is 11.6 Å². The second-order valence-corrected chi connectivity index (χ2v) is 5.20. The standard InChI is InChI=1S/C13H12ClN3O6/c14-10-4-3-8(17(21)22)5-9(10)12(19)23-6-11(18)16-13(20)15-7-1-2-7/h3-5,7H,1-2,6H2,(H2,15,16,18,20). The maximum atomic E-state index is 11.8. The molecule has 10 heteroatoms. The van der Waals surface area contributed by atoms with Gasteiger partial charge in [0.15, 0.2) is 6.61 Å². The fourth-order valence-electron chi connectivity index (χ4n) is 1.60. The average Bonchev–Trinajstić information content (AvgIpc) is 3.28. The maximum Gasteiger partial charge on any atom is 0.340 e. The molecule has 1 aromatic carbocycles. The van der Waals surface area contributed by atoms with Crippen LogP contribution in [0.1, 0.15) is 23.2 Å². The van der Waals surface area contributed by atoms with Gasteiger partial charge in [-0.25, -0.2) is 9.59 Å². The lowest BCUT2D eigenvalue weighted by atomic mass is 10.2. The smallest absolute Gasteiger partial charge is 0.340 e. The summed E-state index contributed by atoms with van der Waals surface area (Å²) in [5.74, 6) is -1.82. The Morgan fingerprint density at radius 1 is 1.35 bits per heavy atom. The summed E-state index contributed by atoms with van der Waals surface area (Å²) >= 11 is 5.77. The number of urea groups is 1. The zero-order valence-corrected chi connectivity index (χ0v) is 12.5. The van der Waals surface area contributed by atoms with Gasteiger partial charge < -0.3 is 10.1 Å². The number of nitrogens with one attached hydrogen (secondary N) is 2. The summed E-state index contributed by atoms with van der Waals surface area (Å²) < 4.78 is 4.69. The van der Waals surface area contributed by atoms with Crippen molar-refractivity contribution in [2.24, 2.45) is 0 Å². The molecule has 23 heavy (non-hydrogen) atoms. The molecule has 0 unspecified atom stereocenters. The lowest BCUT2D eigenvalue weighted by Gasteiger charge is -2.07. The van der Waals surface area contributed by atoms with Crippen molar-refractivity contribution in [2.45, 2.75) is 18.9 Å². The first kappa shape index (κ1) is 16.7. The molecule has 0 atom stereocenters. The molecule has 1 aliphatic carbocycles. The van der Waals surface area contributed by atoms with Crippen molar-refractivity contribution in [3.05, 3.63) is 38.9 Å². The average molecular weight is 342 g/mol. The van der Waals surface area contributed by atoms with Gasteiger partial charge in [-0.3, -0.25) is 20.2 Å². The van der Waals surface area contributed by atoms with Gasteiger partial charge in [-0.15, -0.1) is 0 Å². The molecule has 2 rings (SSSR count). The van der Waals surface area contributed by atoms with E-state index in [1.807, 2.05) is 5.32 Å². The molecule has 3 amide bonds. The number of ether oxygens (including phenoxy) is 1. The Morgan fingerprint density at radius 2 is 2.04 bits per heavy atom. The third-order valence-corrected chi connectivity index (χ3v) is 3.21. The quantitative estimate of drug-likeness (QED) is 0.473. The Labute approximate surface area is 135 Å². The predicted molar refractivity (Wildman–Crippen MR) is 78.1 cm³/mol. The number of imide groups is 1. The second-order valence-electron chi connectivity index (χ2n) is 4.79. The number of halogens is 1. The lowest BCUT2D eigenvalue weighted by Crippen LogP contribution is -2.42. The molecule has 122 valence electrons. The lowest BCUT2D eigenvalue weighted by molar-refractivity contribution is -0.384. The Bertz CT molecular complexity index is 674. The van der Waals surface area contributed by atoms with Crippen LogP contribution >= 0.6 is 11.6 Å². The summed E-state index contributed by atoms with van der Waals surface area (Å²) in [6.07, 6.45) is 1.73. The van der Waals surface area contributed by atoms with Gasteiger partial charge >= 0.3 is 12.0 Å². The zero-order valence-electron chi connectivity index (χ0n) is 11.7. The van der Waals surface area contributed by atoms with E-state index in [-0.39, 0.29) is 22.3 Å². The summed E-state index contributed by atoms with van der Waals surface area (Å²) in [4.78, 5) is 44.6. The minimum absolute atomic E-state index is 0.0486. The molecule has 1 saturated carbocycles. The third-order valence-electron chi connectivity index (χ3n) is 2.88. The largest absolute Gasteiger partial charge is 0.452 e. The van der Waals surface area contributed by atoms with E-state index in [0.717, 1.165) is 25.0 Å². The number of nitro groups is 1. The van der Waals surface area contributed by atoms with Gasteiger partial charge in [-0.1, -0.05) is 11.6 Å². The molecular formula is C13H12ClN3O6. The molecule has 1 aromatic rings. The van der Waals surface area contributed by atoms with Crippen molar-refractivity contribution in [2.75, 3.05) is 6.61 Å². The van der Waals surface area contributed by atoms with E-state index in [0.29, 0.717) is 0 Å². The number of rotatable bonds is 5. The SMILES string of the molecule is O=C(COC(=O)c1cc([N+](=O)[O-])ccc1Cl)NC(=O)NC1CC1. The van der Waals surface area contributed by atoms with E-state index in [2.05, 4.69) is 10.1 Å². The van der Waals surface area contributed by atoms with Gasteiger partial charge in [0, 0.05) is 18.2 Å². The van der Waals surface area contributed by atoms with Crippen LogP contribution in [0.3, 0.4) is 0 Å². The molecule has 1 aliphatic rings. The van der Waals surface area contributed by atoms with Gasteiger partial charge in [0.2, 0.25) is 0 Å². The number of esters is 1. The monoisotopic (exact) mass is 341 g/mol. The predicted octanol–water partition coefficient (Wildman–Crippen LogP) is 1.39. The fourth-order valence-corrected chi connectivity index (χ4v) is 1.80. The number of carbonyl (C=O) groups is 3. The number of hydrogen-bond acceptors (Lipinski definition) is 6. The fraction of sp³-hybridized carbons (Fsp3) is 0.308. The van der Waals surface area contributed by atoms with Crippen LogP contribution in [-0.4, -0.2) is 35.5 Å². The van der Waals surface area contributed by atoms with E-state index < -0.39 is 29.4 Å². The van der Waals surface area contributed by atoms with Crippen LogP contribution in [-0.2, 0) is 9.53 Å². The van der Waals surface area contributed by atoms with Crippen LogP contribution in [0.2, 0.25) is 5.02 Å². The Morgan fingerprint density at radius 3 is 2.65 bits per heavy atom. The normalized spacial score (nSPS) is 13.1. The number of carbonyl (C=O) groups excluding carboxylic acids is 3. The van der Waals surface area contributed by atoms with E-state index in [1.165, 1.54) is 6.07 Å². The highest BCUT2D eigenvalue weighted by molar-refractivity contribution is 6.33. The van der Waals surface area contributed by atoms with Crippen LogP contribution in [0.5, 0.6) is 0 Å². The highest BCUT2D eigenvalue weighted by atomic mass is 35.5. The highest BCUT2D eigenvalue weighted by Crippen LogP contribution is 2.22. The first-order valence-corrected chi connectivity index (χ1v) is 6.96. The van der Waals surface area contributed by atoms with E-state index in [9.17, 15) is 24.5 Å². The minimum Gasteiger partial charge on any atom is -0.452 e. The Hall–Kier alpha value is -2.68. The number of non-ortho nitro benzene ring substituents is 1. The zero-order chi connectivity index (χ0) is 17.0. The molecule has 0 radical (unpaired) electrons. The molecule has 0 spiro atoms. The molecule has 0 aromatic heterocycles. The Balaban J connectivity index is 1.88. The molecule has 1 fully saturated rings. The summed E-state index contributed by atoms with van der Waals surface area (Å²) in [7, 11) is 0. The molecule has 0 heterocycles. The van der Waals surface area contributed by atoms with E-state index >= 15 is 0 Å². The van der Waals surface area contributed by atoms with Gasteiger partial charge in [-0.2, -0.15) is 0 Å². The van der Waals surface area contributed by atoms with Crippen molar-refractivity contribution < 1.29 is 24.0 Å². The maximum absolute atomic E-state index is 11.8. The topological polar surface area (TPSA) is 128 Å². The summed E-state index contributed by atoms with van der Waals surface area (Å²) in [6, 6.07) is 2.67. The number of amides is 3. The van der Waals surface area contributed by atoms with Crippen molar-refractivity contribution in [1.29, 1.82) is 0 Å². The summed E-state index contributed by atoms with van der Waals surface area (Å²) in [6.45, 7) is -0.712. The van der Waals surface area contributed by atoms with Crippen LogP contribution < -0.4 is 10.6 Å². The first-order chi connectivity index (χ1) is 10.9. The number of hydrogen-bond donors (Lipinski definition) is 2. The van der Waals surface area contributed by atoms with Gasteiger partial charge in [0.1, 0.15) is 0 Å². The van der Waals surface area contributed by atoms with Gasteiger partial charge in [-0.05, 0) is 18.9 Å². The van der Waals surface area contributed by atoms with Crippen molar-refractivity contribution in [3.63, 3.8) is 0 Å².